The lowest BCUT2D eigenvalue weighted by molar-refractivity contribution is 0.0807. The standard InChI is InChI=1S/C14H27NO/c16-12-14(8-2-1-3-9-14)11-15-10-7-13-5-4-6-13/h13,15-16H,1-12H2. The van der Waals surface area contributed by atoms with E-state index in [0.29, 0.717) is 6.61 Å². The van der Waals surface area contributed by atoms with Crippen LogP contribution >= 0.6 is 0 Å². The summed E-state index contributed by atoms with van der Waals surface area (Å²) < 4.78 is 0. The second-order valence-electron chi connectivity index (χ2n) is 5.98. The maximum absolute atomic E-state index is 9.57. The van der Waals surface area contributed by atoms with Gasteiger partial charge in [-0.2, -0.15) is 0 Å². The third-order valence-electron chi connectivity index (χ3n) is 4.70. The highest BCUT2D eigenvalue weighted by Crippen LogP contribution is 2.35. The Morgan fingerprint density at radius 2 is 1.81 bits per heavy atom. The van der Waals surface area contributed by atoms with Crippen LogP contribution in [0, 0.1) is 11.3 Å². The fourth-order valence-electron chi connectivity index (χ4n) is 3.13. The van der Waals surface area contributed by atoms with Gasteiger partial charge in [-0.05, 0) is 31.7 Å². The zero-order valence-corrected chi connectivity index (χ0v) is 10.5. The first-order valence-electron chi connectivity index (χ1n) is 7.16. The Bertz CT molecular complexity index is 195. The van der Waals surface area contributed by atoms with Crippen LogP contribution in [0.4, 0.5) is 0 Å². The van der Waals surface area contributed by atoms with Crippen molar-refractivity contribution < 1.29 is 5.11 Å². The van der Waals surface area contributed by atoms with Crippen LogP contribution in [-0.2, 0) is 0 Å². The fourth-order valence-corrected chi connectivity index (χ4v) is 3.13. The minimum absolute atomic E-state index is 0.220. The van der Waals surface area contributed by atoms with Crippen LogP contribution in [0.5, 0.6) is 0 Å². The molecule has 0 aromatic rings. The van der Waals surface area contributed by atoms with Crippen molar-refractivity contribution in [3.63, 3.8) is 0 Å². The average molecular weight is 225 g/mol. The highest BCUT2D eigenvalue weighted by Gasteiger charge is 2.30. The van der Waals surface area contributed by atoms with E-state index in [-0.39, 0.29) is 5.41 Å². The van der Waals surface area contributed by atoms with Gasteiger partial charge in [0.25, 0.3) is 0 Å². The number of aliphatic hydroxyl groups is 1. The molecule has 0 saturated heterocycles. The number of nitrogens with one attached hydrogen (secondary N) is 1. The quantitative estimate of drug-likeness (QED) is 0.681. The summed E-state index contributed by atoms with van der Waals surface area (Å²) in [7, 11) is 0. The molecule has 2 heteroatoms. The van der Waals surface area contributed by atoms with Gasteiger partial charge in [0.2, 0.25) is 0 Å². The molecule has 2 N–H and O–H groups in total. The van der Waals surface area contributed by atoms with Gasteiger partial charge in [-0.1, -0.05) is 38.5 Å². The molecular weight excluding hydrogens is 198 g/mol. The lowest BCUT2D eigenvalue weighted by atomic mass is 9.74. The fraction of sp³-hybridized carbons (Fsp3) is 1.00. The van der Waals surface area contributed by atoms with Crippen molar-refractivity contribution >= 4 is 0 Å². The lowest BCUT2D eigenvalue weighted by Gasteiger charge is -2.36. The maximum Gasteiger partial charge on any atom is 0.0499 e. The molecule has 0 heterocycles. The Hall–Kier alpha value is -0.0800. The molecular formula is C14H27NO. The van der Waals surface area contributed by atoms with Crippen LogP contribution in [0.15, 0.2) is 0 Å². The molecule has 0 amide bonds. The minimum Gasteiger partial charge on any atom is -0.396 e. The number of aliphatic hydroxyl groups excluding tert-OH is 1. The van der Waals surface area contributed by atoms with E-state index in [1.54, 1.807) is 0 Å². The topological polar surface area (TPSA) is 32.3 Å². The van der Waals surface area contributed by atoms with Crippen molar-refractivity contribution in [1.82, 2.24) is 5.32 Å². The number of hydrogen-bond donors (Lipinski definition) is 2. The first kappa shape index (κ1) is 12.4. The van der Waals surface area contributed by atoms with Crippen LogP contribution in [0.2, 0.25) is 0 Å². The molecule has 0 atom stereocenters. The van der Waals surface area contributed by atoms with Gasteiger partial charge in [-0.3, -0.25) is 0 Å². The summed E-state index contributed by atoms with van der Waals surface area (Å²) in [6, 6.07) is 0. The Morgan fingerprint density at radius 3 is 2.38 bits per heavy atom. The Labute approximate surface area is 99.8 Å². The van der Waals surface area contributed by atoms with Crippen molar-refractivity contribution in [2.24, 2.45) is 11.3 Å². The van der Waals surface area contributed by atoms with E-state index < -0.39 is 0 Å². The predicted octanol–water partition coefficient (Wildman–Crippen LogP) is 2.71. The van der Waals surface area contributed by atoms with Crippen molar-refractivity contribution in [2.75, 3.05) is 19.7 Å². The van der Waals surface area contributed by atoms with E-state index >= 15 is 0 Å². The van der Waals surface area contributed by atoms with Gasteiger partial charge in [-0.15, -0.1) is 0 Å². The smallest absolute Gasteiger partial charge is 0.0499 e. The van der Waals surface area contributed by atoms with Gasteiger partial charge in [0.05, 0.1) is 0 Å². The molecule has 2 aliphatic carbocycles. The summed E-state index contributed by atoms with van der Waals surface area (Å²) in [6.07, 6.45) is 12.1. The van der Waals surface area contributed by atoms with Crippen LogP contribution in [0.1, 0.15) is 57.8 Å². The summed E-state index contributed by atoms with van der Waals surface area (Å²) in [6.45, 7) is 2.58. The molecule has 2 saturated carbocycles. The summed E-state index contributed by atoms with van der Waals surface area (Å²) in [4.78, 5) is 0. The van der Waals surface area contributed by atoms with Crippen LogP contribution < -0.4 is 5.32 Å². The minimum atomic E-state index is 0.220. The monoisotopic (exact) mass is 225 g/mol. The van der Waals surface area contributed by atoms with E-state index in [4.69, 9.17) is 0 Å². The summed E-state index contributed by atoms with van der Waals surface area (Å²) in [5.41, 5.74) is 0.220. The zero-order chi connectivity index (χ0) is 11.3. The normalized spacial score (nSPS) is 25.3. The summed E-state index contributed by atoms with van der Waals surface area (Å²) in [5.74, 6) is 1.00. The van der Waals surface area contributed by atoms with Gasteiger partial charge in [0.1, 0.15) is 0 Å². The second-order valence-corrected chi connectivity index (χ2v) is 5.98. The lowest BCUT2D eigenvalue weighted by Crippen LogP contribution is -2.39. The molecule has 0 radical (unpaired) electrons. The van der Waals surface area contributed by atoms with Gasteiger partial charge >= 0.3 is 0 Å². The predicted molar refractivity (Wildman–Crippen MR) is 67.4 cm³/mol. The molecule has 2 fully saturated rings. The highest BCUT2D eigenvalue weighted by molar-refractivity contribution is 4.84. The molecule has 0 unspecified atom stereocenters. The molecule has 2 aliphatic rings. The Morgan fingerprint density at radius 1 is 1.06 bits per heavy atom. The van der Waals surface area contributed by atoms with Gasteiger partial charge < -0.3 is 10.4 Å². The van der Waals surface area contributed by atoms with Crippen LogP contribution in [0.25, 0.3) is 0 Å². The van der Waals surface area contributed by atoms with Crippen LogP contribution in [-0.4, -0.2) is 24.8 Å². The zero-order valence-electron chi connectivity index (χ0n) is 10.5. The molecule has 16 heavy (non-hydrogen) atoms. The Balaban J connectivity index is 1.61. The number of hydrogen-bond acceptors (Lipinski definition) is 2. The third kappa shape index (κ3) is 3.21. The van der Waals surface area contributed by atoms with Crippen molar-refractivity contribution in [2.45, 2.75) is 57.8 Å². The van der Waals surface area contributed by atoms with Crippen LogP contribution in [0.3, 0.4) is 0 Å². The molecule has 0 aromatic heterocycles. The number of rotatable bonds is 6. The van der Waals surface area contributed by atoms with Crippen molar-refractivity contribution in [3.05, 3.63) is 0 Å². The molecule has 2 nitrogen and oxygen atoms in total. The summed E-state index contributed by atoms with van der Waals surface area (Å²) >= 11 is 0. The first-order chi connectivity index (χ1) is 7.85. The molecule has 2 rings (SSSR count). The van der Waals surface area contributed by atoms with Crippen molar-refractivity contribution in [3.8, 4) is 0 Å². The molecule has 94 valence electrons. The Kier molecular flexibility index (Phi) is 4.66. The second kappa shape index (κ2) is 6.02. The van der Waals surface area contributed by atoms with E-state index in [9.17, 15) is 5.11 Å². The third-order valence-corrected chi connectivity index (χ3v) is 4.70. The molecule has 0 aromatic carbocycles. The van der Waals surface area contributed by atoms with Gasteiger partial charge in [-0.25, -0.2) is 0 Å². The van der Waals surface area contributed by atoms with E-state index in [0.717, 1.165) is 19.0 Å². The molecule has 0 spiro atoms. The van der Waals surface area contributed by atoms with E-state index in [1.807, 2.05) is 0 Å². The van der Waals surface area contributed by atoms with Gasteiger partial charge in [0, 0.05) is 18.6 Å². The van der Waals surface area contributed by atoms with Crippen molar-refractivity contribution in [1.29, 1.82) is 0 Å². The molecule has 0 bridgehead atoms. The average Bonchev–Trinajstić information content (AvgIpc) is 2.28. The summed E-state index contributed by atoms with van der Waals surface area (Å²) in [5, 5.41) is 13.2. The largest absolute Gasteiger partial charge is 0.396 e. The highest BCUT2D eigenvalue weighted by atomic mass is 16.3. The first-order valence-corrected chi connectivity index (χ1v) is 7.16. The molecule has 0 aliphatic heterocycles. The van der Waals surface area contributed by atoms with Gasteiger partial charge in [0.15, 0.2) is 0 Å². The maximum atomic E-state index is 9.57. The SMILES string of the molecule is OCC1(CNCCC2CCC2)CCCCC1. The van der Waals surface area contributed by atoms with E-state index in [1.165, 1.54) is 57.8 Å². The van der Waals surface area contributed by atoms with E-state index in [2.05, 4.69) is 5.32 Å².